The van der Waals surface area contributed by atoms with E-state index in [0.717, 1.165) is 36.1 Å². The first-order valence-corrected chi connectivity index (χ1v) is 4.59. The number of allylic oxidation sites excluding steroid dienone is 2. The molecular weight excluding hydrogens is 150 g/mol. The van der Waals surface area contributed by atoms with Crippen LogP contribution in [-0.4, -0.2) is 0 Å². The van der Waals surface area contributed by atoms with Crippen molar-refractivity contribution in [3.8, 4) is 0 Å². The van der Waals surface area contributed by atoms with Crippen LogP contribution >= 0.6 is 0 Å². The lowest BCUT2D eigenvalue weighted by Crippen LogP contribution is -2.30. The molecule has 1 aliphatic carbocycles. The summed E-state index contributed by atoms with van der Waals surface area (Å²) in [6.45, 7) is 4.50. The summed E-state index contributed by atoms with van der Waals surface area (Å²) >= 11 is 0. The van der Waals surface area contributed by atoms with Gasteiger partial charge in [-0.1, -0.05) is 13.8 Å². The minimum atomic E-state index is 0.725. The van der Waals surface area contributed by atoms with Gasteiger partial charge in [0.25, 0.3) is 0 Å². The van der Waals surface area contributed by atoms with Crippen LogP contribution in [0.4, 0.5) is 0 Å². The first-order chi connectivity index (χ1) is 5.65. The van der Waals surface area contributed by atoms with E-state index in [0.29, 0.717) is 0 Å². The maximum Gasteiger partial charge on any atom is 0.0446 e. The summed E-state index contributed by atoms with van der Waals surface area (Å²) in [4.78, 5) is 0. The van der Waals surface area contributed by atoms with Crippen molar-refractivity contribution in [2.24, 2.45) is 23.4 Å². The van der Waals surface area contributed by atoms with E-state index in [1.807, 2.05) is 0 Å². The Morgan fingerprint density at radius 1 is 1.50 bits per heavy atom. The fraction of sp³-hybridized carbons (Fsp3) is 0.778. The number of hydrogen-bond acceptors (Lipinski definition) is 3. The average molecular weight is 169 g/mol. The summed E-state index contributed by atoms with van der Waals surface area (Å²) < 4.78 is 0. The summed E-state index contributed by atoms with van der Waals surface area (Å²) in [6.07, 6.45) is 3.21. The van der Waals surface area contributed by atoms with E-state index in [4.69, 9.17) is 11.6 Å². The maximum atomic E-state index is 5.85. The minimum Gasteiger partial charge on any atom is -0.401 e. The van der Waals surface area contributed by atoms with E-state index in [9.17, 15) is 0 Å². The van der Waals surface area contributed by atoms with Gasteiger partial charge in [-0.3, -0.25) is 5.84 Å². The van der Waals surface area contributed by atoms with Gasteiger partial charge in [-0.25, -0.2) is 0 Å². The van der Waals surface area contributed by atoms with Crippen LogP contribution in [0.15, 0.2) is 11.4 Å². The van der Waals surface area contributed by atoms with Crippen LogP contribution in [-0.2, 0) is 0 Å². The average Bonchev–Trinajstić information content (AvgIpc) is 2.04. The lowest BCUT2D eigenvalue weighted by atomic mass is 9.82. The van der Waals surface area contributed by atoms with Crippen LogP contribution in [0.3, 0.4) is 0 Å². The predicted molar refractivity (Wildman–Crippen MR) is 50.7 cm³/mol. The van der Waals surface area contributed by atoms with Crippen LogP contribution < -0.4 is 17.0 Å². The first kappa shape index (κ1) is 9.39. The van der Waals surface area contributed by atoms with Crippen LogP contribution in [0, 0.1) is 11.8 Å². The molecule has 0 saturated heterocycles. The van der Waals surface area contributed by atoms with E-state index in [2.05, 4.69) is 19.3 Å². The van der Waals surface area contributed by atoms with Crippen LogP contribution in [0.2, 0.25) is 0 Å². The number of nitrogens with one attached hydrogen (secondary N) is 1. The maximum absolute atomic E-state index is 5.85. The molecule has 0 saturated carbocycles. The smallest absolute Gasteiger partial charge is 0.0446 e. The van der Waals surface area contributed by atoms with Crippen molar-refractivity contribution in [1.82, 2.24) is 5.43 Å². The molecule has 12 heavy (non-hydrogen) atoms. The summed E-state index contributed by atoms with van der Waals surface area (Å²) in [5, 5.41) is 0. The monoisotopic (exact) mass is 169 g/mol. The van der Waals surface area contributed by atoms with Gasteiger partial charge in [0, 0.05) is 11.4 Å². The predicted octanol–water partition coefficient (Wildman–Crippen LogP) is 1.08. The molecule has 0 spiro atoms. The third-order valence-electron chi connectivity index (χ3n) is 2.75. The Kier molecular flexibility index (Phi) is 2.98. The molecule has 0 amide bonds. The van der Waals surface area contributed by atoms with Crippen molar-refractivity contribution >= 4 is 0 Å². The van der Waals surface area contributed by atoms with Gasteiger partial charge in [-0.15, -0.1) is 0 Å². The van der Waals surface area contributed by atoms with Gasteiger partial charge in [0.15, 0.2) is 0 Å². The number of hydrazine groups is 1. The zero-order chi connectivity index (χ0) is 9.14. The molecule has 0 aliphatic heterocycles. The molecule has 0 aromatic rings. The first-order valence-electron chi connectivity index (χ1n) is 4.59. The van der Waals surface area contributed by atoms with E-state index in [1.165, 1.54) is 6.42 Å². The molecule has 0 bridgehead atoms. The summed E-state index contributed by atoms with van der Waals surface area (Å²) in [7, 11) is 0. The van der Waals surface area contributed by atoms with E-state index in [-0.39, 0.29) is 0 Å². The molecule has 0 radical (unpaired) electrons. The largest absolute Gasteiger partial charge is 0.401 e. The third-order valence-corrected chi connectivity index (χ3v) is 2.75. The minimum absolute atomic E-state index is 0.725. The summed E-state index contributed by atoms with van der Waals surface area (Å²) in [5.74, 6) is 6.79. The summed E-state index contributed by atoms with van der Waals surface area (Å²) in [6, 6.07) is 0. The van der Waals surface area contributed by atoms with Crippen LogP contribution in [0.25, 0.3) is 0 Å². The van der Waals surface area contributed by atoms with Crippen LogP contribution in [0.1, 0.15) is 33.1 Å². The standard InChI is InChI=1S/C9H19N3/c1-6(2)7-3-4-9(12-11)8(10)5-7/h6-7,12H,3-5,10-11H2,1-2H3. The second-order valence-electron chi connectivity index (χ2n) is 3.90. The van der Waals surface area contributed by atoms with E-state index in [1.54, 1.807) is 0 Å². The van der Waals surface area contributed by atoms with Gasteiger partial charge in [-0.05, 0) is 31.1 Å². The third kappa shape index (κ3) is 1.91. The molecule has 0 heterocycles. The Hall–Kier alpha value is -0.700. The van der Waals surface area contributed by atoms with Gasteiger partial charge >= 0.3 is 0 Å². The van der Waals surface area contributed by atoms with Crippen molar-refractivity contribution < 1.29 is 0 Å². The number of rotatable bonds is 2. The second-order valence-corrected chi connectivity index (χ2v) is 3.90. The highest BCUT2D eigenvalue weighted by atomic mass is 15.2. The Morgan fingerprint density at radius 2 is 2.17 bits per heavy atom. The number of hydrogen-bond donors (Lipinski definition) is 3. The van der Waals surface area contributed by atoms with Crippen molar-refractivity contribution in [2.45, 2.75) is 33.1 Å². The second kappa shape index (κ2) is 3.81. The molecule has 1 unspecified atom stereocenters. The van der Waals surface area contributed by atoms with Gasteiger partial charge in [0.2, 0.25) is 0 Å². The highest BCUT2D eigenvalue weighted by Gasteiger charge is 2.21. The zero-order valence-corrected chi connectivity index (χ0v) is 7.93. The lowest BCUT2D eigenvalue weighted by Gasteiger charge is -2.27. The molecule has 1 rings (SSSR count). The Bertz CT molecular complexity index is 184. The zero-order valence-electron chi connectivity index (χ0n) is 7.93. The Balaban J connectivity index is 2.59. The molecule has 0 aromatic heterocycles. The quantitative estimate of drug-likeness (QED) is 0.428. The molecule has 1 atom stereocenters. The van der Waals surface area contributed by atoms with Gasteiger partial charge in [0.1, 0.15) is 0 Å². The Morgan fingerprint density at radius 3 is 2.58 bits per heavy atom. The lowest BCUT2D eigenvalue weighted by molar-refractivity contribution is 0.334. The molecule has 1 aliphatic rings. The molecule has 70 valence electrons. The van der Waals surface area contributed by atoms with Crippen molar-refractivity contribution in [3.63, 3.8) is 0 Å². The molecule has 0 fully saturated rings. The summed E-state index contributed by atoms with van der Waals surface area (Å²) in [5.41, 5.74) is 10.5. The highest BCUT2D eigenvalue weighted by Crippen LogP contribution is 2.30. The fourth-order valence-electron chi connectivity index (χ4n) is 1.73. The van der Waals surface area contributed by atoms with Gasteiger partial charge in [-0.2, -0.15) is 0 Å². The number of nitrogens with two attached hydrogens (primary N) is 2. The SMILES string of the molecule is CC(C)C1CCC(NN)=C(N)C1. The fourth-order valence-corrected chi connectivity index (χ4v) is 1.73. The van der Waals surface area contributed by atoms with Crippen molar-refractivity contribution in [2.75, 3.05) is 0 Å². The molecule has 5 N–H and O–H groups in total. The normalized spacial score (nSPS) is 24.8. The van der Waals surface area contributed by atoms with Crippen LogP contribution in [0.5, 0.6) is 0 Å². The molecule has 0 aromatic carbocycles. The molecule has 3 nitrogen and oxygen atoms in total. The van der Waals surface area contributed by atoms with Gasteiger partial charge in [0.05, 0.1) is 0 Å². The van der Waals surface area contributed by atoms with Gasteiger partial charge < -0.3 is 11.2 Å². The molecular formula is C9H19N3. The van der Waals surface area contributed by atoms with Crippen molar-refractivity contribution in [3.05, 3.63) is 11.4 Å². The van der Waals surface area contributed by atoms with Crippen molar-refractivity contribution in [1.29, 1.82) is 0 Å². The Labute approximate surface area is 74.2 Å². The topological polar surface area (TPSA) is 64.1 Å². The van der Waals surface area contributed by atoms with E-state index >= 15 is 0 Å². The van der Waals surface area contributed by atoms with E-state index < -0.39 is 0 Å². The molecule has 3 heteroatoms. The highest BCUT2D eigenvalue weighted by molar-refractivity contribution is 5.12.